The highest BCUT2D eigenvalue weighted by molar-refractivity contribution is 5.85. The molecule has 0 saturated heterocycles. The summed E-state index contributed by atoms with van der Waals surface area (Å²) >= 11 is 0. The molecule has 194 valence electrons. The average Bonchev–Trinajstić information content (AvgIpc) is 2.64. The van der Waals surface area contributed by atoms with Gasteiger partial charge in [-0.25, -0.2) is 18.0 Å². The van der Waals surface area contributed by atoms with Gasteiger partial charge in [0.2, 0.25) is 0 Å². The van der Waals surface area contributed by atoms with Crippen LogP contribution in [0.4, 0.5) is 65.9 Å². The third kappa shape index (κ3) is 3.32. The van der Waals surface area contributed by atoms with Gasteiger partial charge in [-0.15, -0.1) is 0 Å². The summed E-state index contributed by atoms with van der Waals surface area (Å²) in [7, 11) is 0. The topological polar surface area (TPSA) is 35.5 Å². The fraction of sp³-hybridized carbons (Fsp3) is 0.800. The molecule has 3 nitrogen and oxygen atoms in total. The Morgan fingerprint density at radius 1 is 0.697 bits per heavy atom. The molecule has 18 heteroatoms. The molecule has 3 unspecified atom stereocenters. The number of unbranched alkanes of at least 4 members (excludes halogenated alkanes) is 1. The molecule has 0 spiro atoms. The predicted molar refractivity (Wildman–Crippen MR) is 74.8 cm³/mol. The maximum atomic E-state index is 14.9. The molecule has 0 aromatic rings. The largest absolute Gasteiger partial charge is 0.502 e. The third-order valence-corrected chi connectivity index (χ3v) is 4.67. The zero-order valence-corrected chi connectivity index (χ0v) is 15.5. The molecule has 3 atom stereocenters. The Kier molecular flexibility index (Phi) is 7.05. The van der Waals surface area contributed by atoms with E-state index in [0.29, 0.717) is 0 Å². The minimum absolute atomic E-state index is 0.307. The number of hydrogen-bond donors (Lipinski definition) is 0. The van der Waals surface area contributed by atoms with E-state index in [2.05, 4.69) is 16.1 Å². The van der Waals surface area contributed by atoms with Gasteiger partial charge in [0.25, 0.3) is 0 Å². The Labute approximate surface area is 173 Å². The Hall–Kier alpha value is -2.04. The summed E-state index contributed by atoms with van der Waals surface area (Å²) < 4.78 is 213. The molecule has 33 heavy (non-hydrogen) atoms. The highest BCUT2D eigenvalue weighted by atomic mass is 19.4. The minimum Gasteiger partial charge on any atom is -0.502 e. The number of rotatable bonds is 7. The third-order valence-electron chi connectivity index (χ3n) is 4.67. The van der Waals surface area contributed by atoms with Crippen LogP contribution in [0.25, 0.3) is 0 Å². The molecule has 0 N–H and O–H groups in total. The van der Waals surface area contributed by atoms with Crippen LogP contribution >= 0.6 is 0 Å². The van der Waals surface area contributed by atoms with Gasteiger partial charge in [0.15, 0.2) is 0 Å². The van der Waals surface area contributed by atoms with E-state index < -0.39 is 66.1 Å². The standard InChI is InChI=1S/C15H11F15O3/c1-2-32-5-3-4-6-33-7(31)8(16)9(17,14(25,26)27)12(21,22)13(23,24)10(18,11(8,19)20)15(28,29)30/h2H,1,3-6H2. The van der Waals surface area contributed by atoms with Crippen molar-refractivity contribution in [3.05, 3.63) is 12.8 Å². The second-order valence-corrected chi connectivity index (χ2v) is 6.57. The summed E-state index contributed by atoms with van der Waals surface area (Å²) in [5, 5.41) is 0. The molecular formula is C15H11F15O3. The number of halogens is 15. The number of alkyl halides is 15. The summed E-state index contributed by atoms with van der Waals surface area (Å²) in [5.74, 6) is -28.8. The molecule has 0 aromatic carbocycles. The summed E-state index contributed by atoms with van der Waals surface area (Å²) in [4.78, 5) is 11.6. The van der Waals surface area contributed by atoms with Crippen molar-refractivity contribution in [2.75, 3.05) is 13.2 Å². The summed E-state index contributed by atoms with van der Waals surface area (Å²) in [5.41, 5.74) is -23.9. The van der Waals surface area contributed by atoms with Crippen molar-refractivity contribution in [2.45, 2.75) is 60.0 Å². The van der Waals surface area contributed by atoms with Gasteiger partial charge < -0.3 is 9.47 Å². The number of esters is 1. The first kappa shape index (κ1) is 29.0. The summed E-state index contributed by atoms with van der Waals surface area (Å²) in [6.45, 7) is 1.20. The molecule has 1 rings (SSSR count). The molecule has 1 aliphatic rings. The van der Waals surface area contributed by atoms with E-state index in [1.54, 1.807) is 0 Å². The van der Waals surface area contributed by atoms with E-state index in [1.807, 2.05) is 0 Å². The van der Waals surface area contributed by atoms with Crippen LogP contribution in [-0.2, 0) is 14.3 Å². The Balaban J connectivity index is 3.81. The smallest absolute Gasteiger partial charge is 0.435 e. The van der Waals surface area contributed by atoms with Gasteiger partial charge in [-0.3, -0.25) is 0 Å². The highest BCUT2D eigenvalue weighted by Crippen LogP contribution is 2.74. The lowest BCUT2D eigenvalue weighted by atomic mass is 9.60. The predicted octanol–water partition coefficient (Wildman–Crippen LogP) is 5.64. The van der Waals surface area contributed by atoms with E-state index in [1.165, 1.54) is 0 Å². The van der Waals surface area contributed by atoms with Crippen LogP contribution in [0.3, 0.4) is 0 Å². The lowest BCUT2D eigenvalue weighted by Crippen LogP contribution is -2.92. The molecule has 0 aromatic heterocycles. The van der Waals surface area contributed by atoms with Crippen molar-refractivity contribution in [1.29, 1.82) is 0 Å². The Morgan fingerprint density at radius 2 is 1.09 bits per heavy atom. The van der Waals surface area contributed by atoms with Gasteiger partial charge >= 0.3 is 53.1 Å². The first-order valence-corrected chi connectivity index (χ1v) is 8.21. The van der Waals surface area contributed by atoms with Crippen molar-refractivity contribution >= 4 is 5.97 Å². The van der Waals surface area contributed by atoms with Crippen molar-refractivity contribution in [3.8, 4) is 0 Å². The van der Waals surface area contributed by atoms with Crippen LogP contribution in [0.5, 0.6) is 0 Å². The SMILES string of the molecule is C=COCCCCOC(=O)C1(F)C(F)(F)C(F)(C(F)(F)F)C(F)(F)C(F)(F)C1(F)C(F)(F)F. The lowest BCUT2D eigenvalue weighted by Gasteiger charge is -2.56. The van der Waals surface area contributed by atoms with E-state index in [0.717, 1.165) is 6.26 Å². The van der Waals surface area contributed by atoms with Crippen LogP contribution in [0.1, 0.15) is 12.8 Å². The fourth-order valence-electron chi connectivity index (χ4n) is 2.93. The van der Waals surface area contributed by atoms with Gasteiger partial charge in [0.05, 0.1) is 19.5 Å². The molecule has 0 radical (unpaired) electrons. The molecule has 0 amide bonds. The van der Waals surface area contributed by atoms with Gasteiger partial charge in [0, 0.05) is 0 Å². The van der Waals surface area contributed by atoms with Gasteiger partial charge in [-0.2, -0.15) is 52.7 Å². The first-order chi connectivity index (χ1) is 14.5. The molecular weight excluding hydrogens is 513 g/mol. The van der Waals surface area contributed by atoms with Gasteiger partial charge in [-0.1, -0.05) is 6.58 Å². The molecule has 0 heterocycles. The number of ether oxygens (including phenoxy) is 2. The van der Waals surface area contributed by atoms with Crippen molar-refractivity contribution < 1.29 is 80.1 Å². The quantitative estimate of drug-likeness (QED) is 0.187. The molecule has 1 fully saturated rings. The van der Waals surface area contributed by atoms with E-state index >= 15 is 0 Å². The normalized spacial score (nSPS) is 33.3. The fourth-order valence-corrected chi connectivity index (χ4v) is 2.93. The number of hydrogen-bond acceptors (Lipinski definition) is 3. The second-order valence-electron chi connectivity index (χ2n) is 6.57. The van der Waals surface area contributed by atoms with Crippen LogP contribution in [0.2, 0.25) is 0 Å². The van der Waals surface area contributed by atoms with Crippen LogP contribution in [0, 0.1) is 0 Å². The van der Waals surface area contributed by atoms with Crippen molar-refractivity contribution in [2.24, 2.45) is 0 Å². The van der Waals surface area contributed by atoms with Crippen LogP contribution < -0.4 is 0 Å². The second kappa shape index (κ2) is 8.02. The van der Waals surface area contributed by atoms with Crippen molar-refractivity contribution in [1.82, 2.24) is 0 Å². The zero-order chi connectivity index (χ0) is 26.5. The molecule has 1 aliphatic carbocycles. The Morgan fingerprint density at radius 3 is 1.48 bits per heavy atom. The van der Waals surface area contributed by atoms with Crippen LogP contribution in [0.15, 0.2) is 12.8 Å². The molecule has 1 saturated carbocycles. The number of carbonyl (C=O) groups excluding carboxylic acids is 1. The molecule has 0 bridgehead atoms. The van der Waals surface area contributed by atoms with Gasteiger partial charge in [0.1, 0.15) is 0 Å². The van der Waals surface area contributed by atoms with E-state index in [-0.39, 0.29) is 13.0 Å². The first-order valence-electron chi connectivity index (χ1n) is 8.21. The van der Waals surface area contributed by atoms with E-state index in [9.17, 15) is 70.7 Å². The summed E-state index contributed by atoms with van der Waals surface area (Å²) in [6, 6.07) is 0. The zero-order valence-electron chi connectivity index (χ0n) is 15.5. The van der Waals surface area contributed by atoms with Crippen LogP contribution in [-0.4, -0.2) is 66.3 Å². The lowest BCUT2D eigenvalue weighted by molar-refractivity contribution is -0.499. The molecule has 0 aliphatic heterocycles. The summed E-state index contributed by atoms with van der Waals surface area (Å²) in [6.07, 6.45) is -16.0. The van der Waals surface area contributed by atoms with E-state index in [4.69, 9.17) is 0 Å². The maximum Gasteiger partial charge on any atom is 0.435 e. The number of carbonyl (C=O) groups is 1. The monoisotopic (exact) mass is 524 g/mol. The van der Waals surface area contributed by atoms with Gasteiger partial charge in [-0.05, 0) is 12.8 Å². The highest BCUT2D eigenvalue weighted by Gasteiger charge is 3.09. The maximum absolute atomic E-state index is 14.9. The average molecular weight is 524 g/mol. The minimum atomic E-state index is -8.27. The Bertz CT molecular complexity index is 761. The van der Waals surface area contributed by atoms with Crippen molar-refractivity contribution in [3.63, 3.8) is 0 Å².